The van der Waals surface area contributed by atoms with Crippen molar-refractivity contribution in [1.82, 2.24) is 15.8 Å². The Morgan fingerprint density at radius 3 is 2.91 bits per heavy atom. The topological polar surface area (TPSA) is 72.5 Å². The Bertz CT molecular complexity index is 714. The van der Waals surface area contributed by atoms with Crippen LogP contribution in [-0.4, -0.2) is 17.7 Å². The molecular formula is C16H15N3O3. The number of benzene rings is 1. The molecule has 1 amide bonds. The summed E-state index contributed by atoms with van der Waals surface area (Å²) < 4.78 is 10.6. The van der Waals surface area contributed by atoms with Crippen molar-refractivity contribution in [3.63, 3.8) is 0 Å². The van der Waals surface area contributed by atoms with E-state index in [0.717, 1.165) is 22.8 Å². The smallest absolute Gasteiger partial charge is 0.271 e. The second-order valence-corrected chi connectivity index (χ2v) is 4.76. The lowest BCUT2D eigenvalue weighted by Crippen LogP contribution is -2.35. The Morgan fingerprint density at radius 1 is 1.23 bits per heavy atom. The highest BCUT2D eigenvalue weighted by atomic mass is 16.7. The van der Waals surface area contributed by atoms with E-state index < -0.39 is 0 Å². The van der Waals surface area contributed by atoms with Crippen LogP contribution in [0.1, 0.15) is 22.8 Å². The molecule has 2 aromatic rings. The van der Waals surface area contributed by atoms with E-state index >= 15 is 0 Å². The number of pyridine rings is 1. The molecule has 0 aliphatic carbocycles. The third-order valence-corrected chi connectivity index (χ3v) is 3.08. The first kappa shape index (κ1) is 13.9. The maximum Gasteiger partial charge on any atom is 0.271 e. The van der Waals surface area contributed by atoms with Crippen LogP contribution < -0.4 is 20.3 Å². The molecule has 0 fully saturated rings. The monoisotopic (exact) mass is 297 g/mol. The summed E-state index contributed by atoms with van der Waals surface area (Å²) in [5.74, 6) is 1.22. The minimum absolute atomic E-state index is 0.244. The predicted molar refractivity (Wildman–Crippen MR) is 81.1 cm³/mol. The third kappa shape index (κ3) is 3.17. The molecule has 22 heavy (non-hydrogen) atoms. The number of carbonyl (C=O) groups is 1. The Labute approximate surface area is 127 Å². The van der Waals surface area contributed by atoms with E-state index in [1.165, 1.54) is 6.20 Å². The van der Waals surface area contributed by atoms with Crippen LogP contribution in [0.25, 0.3) is 6.08 Å². The Kier molecular flexibility index (Phi) is 3.91. The van der Waals surface area contributed by atoms with Gasteiger partial charge in [0.25, 0.3) is 5.91 Å². The van der Waals surface area contributed by atoms with Crippen LogP contribution in [0.5, 0.6) is 11.5 Å². The SMILES string of the molecule is C/C(=C\c1ccc2c(c1)OCO2)NNC(=O)c1cccnc1. The lowest BCUT2D eigenvalue weighted by molar-refractivity contribution is 0.0938. The van der Waals surface area contributed by atoms with Crippen LogP contribution in [-0.2, 0) is 0 Å². The highest BCUT2D eigenvalue weighted by Gasteiger charge is 2.12. The van der Waals surface area contributed by atoms with Crippen molar-refractivity contribution < 1.29 is 14.3 Å². The largest absolute Gasteiger partial charge is 0.454 e. The summed E-state index contributed by atoms with van der Waals surface area (Å²) in [7, 11) is 0. The van der Waals surface area contributed by atoms with Crippen molar-refractivity contribution in [2.75, 3.05) is 6.79 Å². The normalized spacial score (nSPS) is 12.9. The van der Waals surface area contributed by atoms with Crippen molar-refractivity contribution in [3.05, 3.63) is 59.5 Å². The number of ether oxygens (including phenoxy) is 2. The van der Waals surface area contributed by atoms with Crippen LogP contribution in [0.2, 0.25) is 0 Å². The number of hydrazine groups is 1. The van der Waals surface area contributed by atoms with Gasteiger partial charge < -0.3 is 14.9 Å². The van der Waals surface area contributed by atoms with Crippen molar-refractivity contribution in [1.29, 1.82) is 0 Å². The number of fused-ring (bicyclic) bond motifs is 1. The zero-order chi connectivity index (χ0) is 15.4. The summed E-state index contributed by atoms with van der Waals surface area (Å²) in [6, 6.07) is 9.07. The third-order valence-electron chi connectivity index (χ3n) is 3.08. The molecule has 0 saturated carbocycles. The molecule has 1 aliphatic heterocycles. The van der Waals surface area contributed by atoms with Crippen LogP contribution >= 0.6 is 0 Å². The highest BCUT2D eigenvalue weighted by Crippen LogP contribution is 2.32. The minimum Gasteiger partial charge on any atom is -0.454 e. The fourth-order valence-electron chi connectivity index (χ4n) is 2.01. The molecule has 0 spiro atoms. The zero-order valence-corrected chi connectivity index (χ0v) is 12.0. The first-order valence-electron chi connectivity index (χ1n) is 6.77. The molecule has 6 heteroatoms. The number of carbonyl (C=O) groups excluding carboxylic acids is 1. The summed E-state index contributed by atoms with van der Waals surface area (Å²) in [5.41, 5.74) is 7.71. The molecule has 0 saturated heterocycles. The van der Waals surface area contributed by atoms with Gasteiger partial charge in [-0.1, -0.05) is 6.07 Å². The number of aromatic nitrogens is 1. The molecule has 6 nitrogen and oxygen atoms in total. The van der Waals surface area contributed by atoms with Crippen LogP contribution in [0.15, 0.2) is 48.4 Å². The standard InChI is InChI=1S/C16H15N3O3/c1-11(18-19-16(20)13-3-2-6-17-9-13)7-12-4-5-14-15(8-12)22-10-21-14/h2-9,18H,10H2,1H3,(H,19,20)/b11-7+. The van der Waals surface area contributed by atoms with E-state index in [1.807, 2.05) is 31.2 Å². The molecule has 0 bridgehead atoms. The summed E-state index contributed by atoms with van der Waals surface area (Å²) in [6.45, 7) is 2.11. The number of hydrogen-bond acceptors (Lipinski definition) is 5. The van der Waals surface area contributed by atoms with Gasteiger partial charge in [-0.3, -0.25) is 15.2 Å². The van der Waals surface area contributed by atoms with E-state index in [9.17, 15) is 4.79 Å². The quantitative estimate of drug-likeness (QED) is 0.846. The van der Waals surface area contributed by atoms with Gasteiger partial charge in [0.2, 0.25) is 6.79 Å². The Morgan fingerprint density at radius 2 is 2.09 bits per heavy atom. The molecule has 1 aliphatic rings. The molecule has 3 rings (SSSR count). The van der Waals surface area contributed by atoms with Crippen LogP contribution in [0.3, 0.4) is 0 Å². The number of rotatable bonds is 4. The van der Waals surface area contributed by atoms with E-state index in [2.05, 4.69) is 15.8 Å². The molecule has 2 N–H and O–H groups in total. The number of nitrogens with one attached hydrogen (secondary N) is 2. The van der Waals surface area contributed by atoms with E-state index in [4.69, 9.17) is 9.47 Å². The molecule has 0 atom stereocenters. The Balaban J connectivity index is 1.62. The first-order chi connectivity index (χ1) is 10.7. The van der Waals surface area contributed by atoms with Crippen molar-refractivity contribution in [3.8, 4) is 11.5 Å². The van der Waals surface area contributed by atoms with Gasteiger partial charge in [-0.25, -0.2) is 0 Å². The molecule has 0 radical (unpaired) electrons. The van der Waals surface area contributed by atoms with Gasteiger partial charge >= 0.3 is 0 Å². The lowest BCUT2D eigenvalue weighted by atomic mass is 10.2. The fraction of sp³-hybridized carbons (Fsp3) is 0.125. The molecule has 2 heterocycles. The molecule has 1 aromatic carbocycles. The maximum absolute atomic E-state index is 11.9. The average molecular weight is 297 g/mol. The van der Waals surface area contributed by atoms with Gasteiger partial charge in [-0.05, 0) is 42.8 Å². The predicted octanol–water partition coefficient (Wildman–Crippen LogP) is 2.11. The molecule has 112 valence electrons. The van der Waals surface area contributed by atoms with Crippen LogP contribution in [0.4, 0.5) is 0 Å². The molecular weight excluding hydrogens is 282 g/mol. The summed E-state index contributed by atoms with van der Waals surface area (Å²) in [6.07, 6.45) is 5.02. The van der Waals surface area contributed by atoms with Crippen molar-refractivity contribution >= 4 is 12.0 Å². The molecule has 0 unspecified atom stereocenters. The van der Waals surface area contributed by atoms with E-state index in [-0.39, 0.29) is 12.7 Å². The number of amides is 1. The van der Waals surface area contributed by atoms with Crippen molar-refractivity contribution in [2.24, 2.45) is 0 Å². The number of allylic oxidation sites excluding steroid dienone is 1. The van der Waals surface area contributed by atoms with Crippen LogP contribution in [0, 0.1) is 0 Å². The van der Waals surface area contributed by atoms with Gasteiger partial charge in [-0.15, -0.1) is 0 Å². The second kappa shape index (κ2) is 6.17. The summed E-state index contributed by atoms with van der Waals surface area (Å²) in [5, 5.41) is 0. The van der Waals surface area contributed by atoms with E-state index in [1.54, 1.807) is 18.3 Å². The number of hydrogen-bond donors (Lipinski definition) is 2. The van der Waals surface area contributed by atoms with Gasteiger partial charge in [0.05, 0.1) is 5.56 Å². The second-order valence-electron chi connectivity index (χ2n) is 4.76. The van der Waals surface area contributed by atoms with Gasteiger partial charge in [-0.2, -0.15) is 0 Å². The first-order valence-corrected chi connectivity index (χ1v) is 6.77. The molecule has 1 aromatic heterocycles. The summed E-state index contributed by atoms with van der Waals surface area (Å²) >= 11 is 0. The van der Waals surface area contributed by atoms with Crippen molar-refractivity contribution in [2.45, 2.75) is 6.92 Å². The lowest BCUT2D eigenvalue weighted by Gasteiger charge is -2.08. The maximum atomic E-state index is 11.9. The van der Waals surface area contributed by atoms with Gasteiger partial charge in [0, 0.05) is 18.1 Å². The highest BCUT2D eigenvalue weighted by molar-refractivity contribution is 5.93. The summed E-state index contributed by atoms with van der Waals surface area (Å²) in [4.78, 5) is 15.8. The average Bonchev–Trinajstić information content (AvgIpc) is 3.01. The zero-order valence-electron chi connectivity index (χ0n) is 12.0. The fourth-order valence-corrected chi connectivity index (χ4v) is 2.01. The Hall–Kier alpha value is -3.02. The van der Waals surface area contributed by atoms with Gasteiger partial charge in [0.1, 0.15) is 0 Å². The van der Waals surface area contributed by atoms with E-state index in [0.29, 0.717) is 5.56 Å². The van der Waals surface area contributed by atoms with Gasteiger partial charge in [0.15, 0.2) is 11.5 Å². The number of nitrogens with zero attached hydrogens (tertiary/aromatic N) is 1. The minimum atomic E-state index is -0.244.